The van der Waals surface area contributed by atoms with Crippen LogP contribution >= 0.6 is 11.3 Å². The number of piperidine rings is 1. The maximum atomic E-state index is 12.1. The summed E-state index contributed by atoms with van der Waals surface area (Å²) in [5, 5.41) is 3.83. The molecule has 0 radical (unpaired) electrons. The standard InChI is InChI=1S/C16H21N3O3S2/c1-24(21,22)11-8-17-16(20)19-9-6-12(7-10-19)15-18-13-4-2-3-5-14(13)23-15/h2-5,12H,6-11H2,1H3,(H,17,20). The van der Waals surface area contributed by atoms with E-state index in [1.165, 1.54) is 11.0 Å². The molecule has 0 aliphatic carbocycles. The Morgan fingerprint density at radius 1 is 1.33 bits per heavy atom. The number of aromatic nitrogens is 1. The van der Waals surface area contributed by atoms with Crippen LogP contribution in [0.1, 0.15) is 23.8 Å². The summed E-state index contributed by atoms with van der Waals surface area (Å²) in [6.45, 7) is 1.51. The van der Waals surface area contributed by atoms with Crippen LogP contribution in [0.5, 0.6) is 0 Å². The van der Waals surface area contributed by atoms with Crippen molar-refractivity contribution in [3.05, 3.63) is 29.3 Å². The highest BCUT2D eigenvalue weighted by atomic mass is 32.2. The first-order valence-electron chi connectivity index (χ1n) is 7.98. The summed E-state index contributed by atoms with van der Waals surface area (Å²) in [5.41, 5.74) is 1.04. The molecule has 3 rings (SSSR count). The molecule has 8 heteroatoms. The van der Waals surface area contributed by atoms with Crippen molar-refractivity contribution in [1.82, 2.24) is 15.2 Å². The second kappa shape index (κ2) is 7.06. The number of nitrogens with one attached hydrogen (secondary N) is 1. The van der Waals surface area contributed by atoms with E-state index in [0.29, 0.717) is 19.0 Å². The summed E-state index contributed by atoms with van der Waals surface area (Å²) in [6, 6.07) is 7.95. The average molecular weight is 367 g/mol. The fourth-order valence-corrected chi connectivity index (χ4v) is 4.46. The van der Waals surface area contributed by atoms with Crippen LogP contribution in [0.4, 0.5) is 4.79 Å². The van der Waals surface area contributed by atoms with Crippen LogP contribution in [-0.2, 0) is 9.84 Å². The minimum absolute atomic E-state index is 0.0269. The van der Waals surface area contributed by atoms with Crippen LogP contribution in [0.25, 0.3) is 10.2 Å². The van der Waals surface area contributed by atoms with Gasteiger partial charge < -0.3 is 10.2 Å². The van der Waals surface area contributed by atoms with Gasteiger partial charge in [0.1, 0.15) is 9.84 Å². The van der Waals surface area contributed by atoms with Crippen LogP contribution in [-0.4, -0.2) is 56.0 Å². The Morgan fingerprint density at radius 2 is 2.04 bits per heavy atom. The number of urea groups is 1. The zero-order valence-corrected chi connectivity index (χ0v) is 15.2. The molecule has 2 amide bonds. The van der Waals surface area contributed by atoms with E-state index in [1.54, 1.807) is 16.2 Å². The van der Waals surface area contributed by atoms with E-state index in [9.17, 15) is 13.2 Å². The number of benzene rings is 1. The van der Waals surface area contributed by atoms with E-state index in [4.69, 9.17) is 4.98 Å². The van der Waals surface area contributed by atoms with Gasteiger partial charge >= 0.3 is 6.03 Å². The molecule has 1 aromatic heterocycles. The Hall–Kier alpha value is -1.67. The Morgan fingerprint density at radius 3 is 2.71 bits per heavy atom. The highest BCUT2D eigenvalue weighted by Gasteiger charge is 2.25. The summed E-state index contributed by atoms with van der Waals surface area (Å²) >= 11 is 1.73. The van der Waals surface area contributed by atoms with Crippen LogP contribution in [0, 0.1) is 0 Å². The molecule has 2 heterocycles. The maximum absolute atomic E-state index is 12.1. The van der Waals surface area contributed by atoms with Crippen molar-refractivity contribution in [3.8, 4) is 0 Å². The van der Waals surface area contributed by atoms with E-state index >= 15 is 0 Å². The zero-order chi connectivity index (χ0) is 17.2. The molecular weight excluding hydrogens is 346 g/mol. The Balaban J connectivity index is 1.52. The predicted molar refractivity (Wildman–Crippen MR) is 96.3 cm³/mol. The summed E-state index contributed by atoms with van der Waals surface area (Å²) in [6.07, 6.45) is 2.95. The quantitative estimate of drug-likeness (QED) is 0.899. The summed E-state index contributed by atoms with van der Waals surface area (Å²) < 4.78 is 23.4. The third kappa shape index (κ3) is 4.24. The smallest absolute Gasteiger partial charge is 0.317 e. The molecule has 0 spiro atoms. The third-order valence-corrected chi connectivity index (χ3v) is 6.34. The molecule has 0 unspecified atom stereocenters. The van der Waals surface area contributed by atoms with E-state index in [0.717, 1.165) is 23.4 Å². The molecule has 0 bridgehead atoms. The first-order valence-corrected chi connectivity index (χ1v) is 10.9. The molecule has 0 saturated carbocycles. The van der Waals surface area contributed by atoms with Crippen molar-refractivity contribution in [2.24, 2.45) is 0 Å². The highest BCUT2D eigenvalue weighted by Crippen LogP contribution is 2.33. The zero-order valence-electron chi connectivity index (χ0n) is 13.6. The minimum atomic E-state index is -3.05. The maximum Gasteiger partial charge on any atom is 0.317 e. The molecule has 1 fully saturated rings. The van der Waals surface area contributed by atoms with Gasteiger partial charge in [0, 0.05) is 31.8 Å². The number of likely N-dealkylation sites (tertiary alicyclic amines) is 1. The van der Waals surface area contributed by atoms with Gasteiger partial charge in [-0.2, -0.15) is 0 Å². The van der Waals surface area contributed by atoms with Gasteiger partial charge in [0.25, 0.3) is 0 Å². The number of sulfone groups is 1. The molecule has 1 aliphatic heterocycles. The lowest BCUT2D eigenvalue weighted by Gasteiger charge is -2.31. The second-order valence-electron chi connectivity index (χ2n) is 6.14. The molecule has 1 N–H and O–H groups in total. The van der Waals surface area contributed by atoms with Gasteiger partial charge in [0.15, 0.2) is 0 Å². The highest BCUT2D eigenvalue weighted by molar-refractivity contribution is 7.90. The lowest BCUT2D eigenvalue weighted by Crippen LogP contribution is -2.45. The SMILES string of the molecule is CS(=O)(=O)CCNC(=O)N1CCC(c2nc3ccccc3s2)CC1. The van der Waals surface area contributed by atoms with Gasteiger partial charge in [-0.1, -0.05) is 12.1 Å². The number of thiazole rings is 1. The number of amides is 2. The average Bonchev–Trinajstić information content (AvgIpc) is 2.98. The molecular formula is C16H21N3O3S2. The Bertz CT molecular complexity index is 791. The van der Waals surface area contributed by atoms with E-state index < -0.39 is 9.84 Å². The topological polar surface area (TPSA) is 79.4 Å². The first kappa shape index (κ1) is 17.2. The minimum Gasteiger partial charge on any atom is -0.337 e. The molecule has 1 aliphatic rings. The fraction of sp³-hybridized carbons (Fsp3) is 0.500. The number of carbonyl (C=O) groups is 1. The van der Waals surface area contributed by atoms with Gasteiger partial charge in [0.05, 0.1) is 21.0 Å². The summed E-state index contributed by atoms with van der Waals surface area (Å²) in [5.74, 6) is 0.364. The fourth-order valence-electron chi connectivity index (χ4n) is 2.85. The van der Waals surface area contributed by atoms with E-state index in [2.05, 4.69) is 11.4 Å². The van der Waals surface area contributed by atoms with Crippen LogP contribution in [0.2, 0.25) is 0 Å². The number of hydrogen-bond acceptors (Lipinski definition) is 5. The van der Waals surface area contributed by atoms with Crippen molar-refractivity contribution >= 4 is 37.4 Å². The third-order valence-electron chi connectivity index (χ3n) is 4.19. The number of para-hydroxylation sites is 1. The molecule has 0 atom stereocenters. The first-order chi connectivity index (χ1) is 11.4. The number of hydrogen-bond donors (Lipinski definition) is 1. The van der Waals surface area contributed by atoms with Gasteiger partial charge in [-0.05, 0) is 25.0 Å². The molecule has 1 saturated heterocycles. The van der Waals surface area contributed by atoms with Crippen molar-refractivity contribution in [3.63, 3.8) is 0 Å². The van der Waals surface area contributed by atoms with Crippen molar-refractivity contribution in [1.29, 1.82) is 0 Å². The van der Waals surface area contributed by atoms with Crippen LogP contribution in [0.15, 0.2) is 24.3 Å². The molecule has 130 valence electrons. The summed E-state index contributed by atoms with van der Waals surface area (Å²) in [4.78, 5) is 18.5. The van der Waals surface area contributed by atoms with Crippen molar-refractivity contribution in [2.45, 2.75) is 18.8 Å². The second-order valence-corrected chi connectivity index (χ2v) is 9.46. The predicted octanol–water partition coefficient (Wildman–Crippen LogP) is 2.23. The van der Waals surface area contributed by atoms with Gasteiger partial charge in [0.2, 0.25) is 0 Å². The molecule has 6 nitrogen and oxygen atoms in total. The molecule has 24 heavy (non-hydrogen) atoms. The van der Waals surface area contributed by atoms with Gasteiger partial charge in [-0.3, -0.25) is 0 Å². The van der Waals surface area contributed by atoms with Crippen LogP contribution in [0.3, 0.4) is 0 Å². The molecule has 1 aromatic carbocycles. The normalized spacial score (nSPS) is 16.5. The monoisotopic (exact) mass is 367 g/mol. The lowest BCUT2D eigenvalue weighted by molar-refractivity contribution is 0.182. The van der Waals surface area contributed by atoms with Crippen molar-refractivity contribution in [2.75, 3.05) is 31.6 Å². The van der Waals surface area contributed by atoms with Crippen molar-refractivity contribution < 1.29 is 13.2 Å². The van der Waals surface area contributed by atoms with E-state index in [1.807, 2.05) is 18.2 Å². The Kier molecular flexibility index (Phi) is 5.05. The number of rotatable bonds is 4. The number of carbonyl (C=O) groups excluding carboxylic acids is 1. The van der Waals surface area contributed by atoms with Gasteiger partial charge in [-0.25, -0.2) is 18.2 Å². The summed E-state index contributed by atoms with van der Waals surface area (Å²) in [7, 11) is -3.05. The number of fused-ring (bicyclic) bond motifs is 1. The van der Waals surface area contributed by atoms with Gasteiger partial charge in [-0.15, -0.1) is 11.3 Å². The number of nitrogens with zero attached hydrogens (tertiary/aromatic N) is 2. The van der Waals surface area contributed by atoms with E-state index in [-0.39, 0.29) is 18.3 Å². The van der Waals surface area contributed by atoms with Crippen LogP contribution < -0.4 is 5.32 Å². The molecule has 2 aromatic rings. The lowest BCUT2D eigenvalue weighted by atomic mass is 9.98. The Labute approximate surface area is 145 Å². The largest absolute Gasteiger partial charge is 0.337 e.